The van der Waals surface area contributed by atoms with Gasteiger partial charge in [0.1, 0.15) is 12.3 Å². The second-order valence-electron chi connectivity index (χ2n) is 6.97. The highest BCUT2D eigenvalue weighted by Gasteiger charge is 2.15. The van der Waals surface area contributed by atoms with Crippen LogP contribution < -0.4 is 9.54 Å². The molecule has 152 valence electrons. The van der Waals surface area contributed by atoms with Crippen molar-refractivity contribution in [1.82, 2.24) is 4.57 Å². The van der Waals surface area contributed by atoms with Gasteiger partial charge in [-0.05, 0) is 44.0 Å². The lowest BCUT2D eigenvalue weighted by Gasteiger charge is -2.07. The summed E-state index contributed by atoms with van der Waals surface area (Å²) < 4.78 is 12.9. The fraction of sp³-hybridized carbons (Fsp3) is 0.318. The minimum Gasteiger partial charge on any atom is -0.496 e. The first-order valence-corrected chi connectivity index (χ1v) is 10.0. The second-order valence-corrected chi connectivity index (χ2v) is 7.95. The molecule has 0 aliphatic carbocycles. The molecule has 29 heavy (non-hydrogen) atoms. The van der Waals surface area contributed by atoms with Crippen LogP contribution in [-0.2, 0) is 27.3 Å². The van der Waals surface area contributed by atoms with E-state index in [-0.39, 0.29) is 18.9 Å². The van der Waals surface area contributed by atoms with E-state index in [1.165, 1.54) is 18.4 Å². The summed E-state index contributed by atoms with van der Waals surface area (Å²) in [5.41, 5.74) is 4.86. The molecule has 1 heterocycles. The van der Waals surface area contributed by atoms with Crippen molar-refractivity contribution in [3.63, 3.8) is 0 Å². The first kappa shape index (κ1) is 20.8. The normalized spacial score (nSPS) is 11.7. The van der Waals surface area contributed by atoms with Gasteiger partial charge in [0.15, 0.2) is 4.80 Å². The minimum absolute atomic E-state index is 0.000721. The van der Waals surface area contributed by atoms with Crippen LogP contribution in [0.2, 0.25) is 0 Å². The number of thiazole rings is 1. The van der Waals surface area contributed by atoms with E-state index >= 15 is 0 Å². The number of aryl methyl sites for hydroxylation is 3. The van der Waals surface area contributed by atoms with Crippen molar-refractivity contribution < 1.29 is 19.1 Å². The molecule has 3 aromatic rings. The monoisotopic (exact) mass is 412 g/mol. The summed E-state index contributed by atoms with van der Waals surface area (Å²) in [5, 5.41) is 0. The van der Waals surface area contributed by atoms with Crippen molar-refractivity contribution in [3.8, 4) is 5.75 Å². The molecular weight excluding hydrogens is 388 g/mol. The number of carbonyl (C=O) groups is 2. The van der Waals surface area contributed by atoms with Crippen molar-refractivity contribution in [2.75, 3.05) is 14.2 Å². The molecule has 0 unspecified atom stereocenters. The third kappa shape index (κ3) is 4.56. The first-order valence-electron chi connectivity index (χ1n) is 9.21. The average Bonchev–Trinajstić information content (AvgIpc) is 2.99. The predicted molar refractivity (Wildman–Crippen MR) is 113 cm³/mol. The molecule has 3 rings (SSSR count). The highest BCUT2D eigenvalue weighted by molar-refractivity contribution is 7.16. The van der Waals surface area contributed by atoms with Crippen molar-refractivity contribution in [2.24, 2.45) is 4.99 Å². The Morgan fingerprint density at radius 2 is 1.83 bits per heavy atom. The zero-order valence-electron chi connectivity index (χ0n) is 17.2. The number of hydrogen-bond donors (Lipinski definition) is 0. The summed E-state index contributed by atoms with van der Waals surface area (Å²) in [6.45, 7) is 5.97. The van der Waals surface area contributed by atoms with Crippen molar-refractivity contribution in [3.05, 3.63) is 57.4 Å². The zero-order chi connectivity index (χ0) is 21.1. The Kier molecular flexibility index (Phi) is 6.17. The molecule has 0 saturated carbocycles. The van der Waals surface area contributed by atoms with Gasteiger partial charge < -0.3 is 14.0 Å². The van der Waals surface area contributed by atoms with E-state index in [0.717, 1.165) is 32.5 Å². The molecule has 0 radical (unpaired) electrons. The maximum Gasteiger partial charge on any atom is 0.325 e. The van der Waals surface area contributed by atoms with Crippen LogP contribution in [0.25, 0.3) is 10.2 Å². The minimum atomic E-state index is -0.391. The lowest BCUT2D eigenvalue weighted by Crippen LogP contribution is -2.22. The summed E-state index contributed by atoms with van der Waals surface area (Å²) in [7, 11) is 2.93. The average molecular weight is 413 g/mol. The number of fused-ring (bicyclic) bond motifs is 1. The van der Waals surface area contributed by atoms with Gasteiger partial charge in [-0.25, -0.2) is 0 Å². The molecule has 0 atom stereocenters. The Morgan fingerprint density at radius 1 is 1.07 bits per heavy atom. The Labute approximate surface area is 173 Å². The highest BCUT2D eigenvalue weighted by atomic mass is 32.1. The SMILES string of the molecule is COC(=O)Cn1c(=NC(=O)Cc2cc(C)ccc2OC)sc2c(C)cc(C)cc21. The smallest absolute Gasteiger partial charge is 0.325 e. The third-order valence-electron chi connectivity index (χ3n) is 4.63. The van der Waals surface area contributed by atoms with Crippen LogP contribution in [0.3, 0.4) is 0 Å². The first-order chi connectivity index (χ1) is 13.8. The highest BCUT2D eigenvalue weighted by Crippen LogP contribution is 2.24. The largest absolute Gasteiger partial charge is 0.496 e. The number of hydrogen-bond acceptors (Lipinski definition) is 5. The Balaban J connectivity index is 2.08. The fourth-order valence-electron chi connectivity index (χ4n) is 3.30. The molecule has 0 aliphatic heterocycles. The Bertz CT molecular complexity index is 1160. The molecule has 2 aromatic carbocycles. The fourth-order valence-corrected chi connectivity index (χ4v) is 4.40. The Morgan fingerprint density at radius 3 is 2.52 bits per heavy atom. The molecule has 0 N–H and O–H groups in total. The predicted octanol–water partition coefficient (Wildman–Crippen LogP) is 3.48. The number of nitrogens with zero attached hydrogens (tertiary/aromatic N) is 2. The van der Waals surface area contributed by atoms with E-state index in [0.29, 0.717) is 10.6 Å². The van der Waals surface area contributed by atoms with Crippen molar-refractivity contribution in [1.29, 1.82) is 0 Å². The number of ether oxygens (including phenoxy) is 2. The quantitative estimate of drug-likeness (QED) is 0.602. The summed E-state index contributed by atoms with van der Waals surface area (Å²) in [5.74, 6) is -0.0315. The number of amides is 1. The molecule has 1 amide bonds. The maximum absolute atomic E-state index is 12.8. The lowest BCUT2D eigenvalue weighted by molar-refractivity contribution is -0.141. The van der Waals surface area contributed by atoms with Crippen LogP contribution in [0, 0.1) is 20.8 Å². The second kappa shape index (κ2) is 8.61. The molecular formula is C22H24N2O4S. The van der Waals surface area contributed by atoms with Gasteiger partial charge in [-0.2, -0.15) is 4.99 Å². The summed E-state index contributed by atoms with van der Waals surface area (Å²) in [4.78, 5) is 29.5. The van der Waals surface area contributed by atoms with Gasteiger partial charge in [0.2, 0.25) is 0 Å². The number of carbonyl (C=O) groups excluding carboxylic acids is 2. The summed E-state index contributed by atoms with van der Waals surface area (Å²) in [6, 6.07) is 9.78. The number of esters is 1. The van der Waals surface area contributed by atoms with Gasteiger partial charge in [0, 0.05) is 5.56 Å². The summed E-state index contributed by atoms with van der Waals surface area (Å²) in [6.07, 6.45) is 0.120. The van der Waals surface area contributed by atoms with Crippen LogP contribution in [0.4, 0.5) is 0 Å². The van der Waals surface area contributed by atoms with Gasteiger partial charge in [-0.15, -0.1) is 0 Å². The number of methoxy groups -OCH3 is 2. The number of benzene rings is 2. The van der Waals surface area contributed by atoms with Crippen molar-refractivity contribution in [2.45, 2.75) is 33.7 Å². The molecule has 6 nitrogen and oxygen atoms in total. The van der Waals surface area contributed by atoms with Crippen molar-refractivity contribution >= 4 is 33.4 Å². The van der Waals surface area contributed by atoms with Crippen LogP contribution in [0.5, 0.6) is 5.75 Å². The van der Waals surface area contributed by atoms with E-state index in [2.05, 4.69) is 11.1 Å². The van der Waals surface area contributed by atoms with Crippen LogP contribution in [0.1, 0.15) is 22.3 Å². The van der Waals surface area contributed by atoms with Gasteiger partial charge in [-0.3, -0.25) is 9.59 Å². The molecule has 0 spiro atoms. The van der Waals surface area contributed by atoms with E-state index in [1.807, 2.05) is 45.0 Å². The van der Waals surface area contributed by atoms with Gasteiger partial charge in [0.25, 0.3) is 5.91 Å². The lowest BCUT2D eigenvalue weighted by atomic mass is 10.1. The van der Waals surface area contributed by atoms with E-state index in [4.69, 9.17) is 9.47 Å². The standard InChI is InChI=1S/C22H24N2O4S/c1-13-6-7-18(27-4)16(9-13)11-19(25)23-22-24(12-20(26)28-5)17-10-14(2)8-15(3)21(17)29-22/h6-10H,11-12H2,1-5H3. The number of aromatic nitrogens is 1. The van der Waals surface area contributed by atoms with Crippen LogP contribution in [-0.4, -0.2) is 30.7 Å². The number of rotatable bonds is 5. The third-order valence-corrected chi connectivity index (χ3v) is 5.86. The molecule has 7 heteroatoms. The van der Waals surface area contributed by atoms with E-state index in [1.54, 1.807) is 11.7 Å². The van der Waals surface area contributed by atoms with Crippen LogP contribution in [0.15, 0.2) is 35.3 Å². The zero-order valence-corrected chi connectivity index (χ0v) is 18.1. The van der Waals surface area contributed by atoms with Gasteiger partial charge in [-0.1, -0.05) is 35.1 Å². The molecule has 1 aromatic heterocycles. The molecule has 0 fully saturated rings. The molecule has 0 aliphatic rings. The van der Waals surface area contributed by atoms with Crippen LogP contribution >= 0.6 is 11.3 Å². The maximum atomic E-state index is 12.8. The van der Waals surface area contributed by atoms with E-state index < -0.39 is 5.97 Å². The molecule has 0 bridgehead atoms. The van der Waals surface area contributed by atoms with Gasteiger partial charge >= 0.3 is 5.97 Å². The topological polar surface area (TPSA) is 69.9 Å². The Hall–Kier alpha value is -2.93. The summed E-state index contributed by atoms with van der Waals surface area (Å²) >= 11 is 1.40. The van der Waals surface area contributed by atoms with E-state index in [9.17, 15) is 9.59 Å². The molecule has 0 saturated heterocycles. The van der Waals surface area contributed by atoms with Gasteiger partial charge in [0.05, 0.1) is 30.9 Å².